The van der Waals surface area contributed by atoms with Gasteiger partial charge in [-0.2, -0.15) is 0 Å². The standard InChI is InChI=1S/C17H27NO2S/c1-13(2)21-15(18-16(19)20-17(3,4)5)12-11-14-9-7-6-8-10-14/h6-10,13,15H,11-12H2,1-5H3,(H,18,19). The van der Waals surface area contributed by atoms with E-state index in [1.54, 1.807) is 11.8 Å². The fourth-order valence-electron chi connectivity index (χ4n) is 1.88. The van der Waals surface area contributed by atoms with Crippen molar-refractivity contribution in [2.75, 3.05) is 0 Å². The Balaban J connectivity index is 2.53. The predicted octanol–water partition coefficient (Wildman–Crippen LogP) is 4.61. The van der Waals surface area contributed by atoms with Crippen LogP contribution in [0.15, 0.2) is 30.3 Å². The minimum Gasteiger partial charge on any atom is -0.444 e. The number of ether oxygens (including phenoxy) is 1. The van der Waals surface area contributed by atoms with Gasteiger partial charge >= 0.3 is 6.09 Å². The normalized spacial score (nSPS) is 13.0. The van der Waals surface area contributed by atoms with Gasteiger partial charge in [0, 0.05) is 5.25 Å². The lowest BCUT2D eigenvalue weighted by atomic mass is 10.1. The van der Waals surface area contributed by atoms with Crippen molar-refractivity contribution in [3.63, 3.8) is 0 Å². The summed E-state index contributed by atoms with van der Waals surface area (Å²) in [5.41, 5.74) is 0.828. The van der Waals surface area contributed by atoms with Gasteiger partial charge in [0.05, 0.1) is 5.37 Å². The first kappa shape index (κ1) is 17.9. The lowest BCUT2D eigenvalue weighted by molar-refractivity contribution is 0.0520. The van der Waals surface area contributed by atoms with Gasteiger partial charge in [0.2, 0.25) is 0 Å². The molecule has 0 bridgehead atoms. The average Bonchev–Trinajstić information content (AvgIpc) is 2.34. The number of hydrogen-bond donors (Lipinski definition) is 1. The van der Waals surface area contributed by atoms with Gasteiger partial charge in [-0.05, 0) is 39.2 Å². The van der Waals surface area contributed by atoms with Crippen LogP contribution in [0.4, 0.5) is 4.79 Å². The van der Waals surface area contributed by atoms with Crippen LogP contribution in [0.5, 0.6) is 0 Å². The molecule has 0 aromatic heterocycles. The van der Waals surface area contributed by atoms with Crippen molar-refractivity contribution >= 4 is 17.9 Å². The minimum absolute atomic E-state index is 0.0695. The summed E-state index contributed by atoms with van der Waals surface area (Å²) >= 11 is 1.76. The number of nitrogens with one attached hydrogen (secondary N) is 1. The van der Waals surface area contributed by atoms with Crippen LogP contribution in [-0.4, -0.2) is 22.3 Å². The number of rotatable bonds is 6. The van der Waals surface area contributed by atoms with E-state index in [-0.39, 0.29) is 11.5 Å². The molecule has 21 heavy (non-hydrogen) atoms. The quantitative estimate of drug-likeness (QED) is 0.780. The number of carbonyl (C=O) groups excluding carboxylic acids is 1. The van der Waals surface area contributed by atoms with Crippen molar-refractivity contribution in [2.24, 2.45) is 0 Å². The van der Waals surface area contributed by atoms with Gasteiger partial charge < -0.3 is 10.1 Å². The first-order valence-corrected chi connectivity index (χ1v) is 8.39. The highest BCUT2D eigenvalue weighted by Gasteiger charge is 2.20. The molecule has 1 aromatic rings. The fraction of sp³-hybridized carbons (Fsp3) is 0.588. The molecule has 118 valence electrons. The molecule has 0 heterocycles. The van der Waals surface area contributed by atoms with Crippen molar-refractivity contribution in [1.82, 2.24) is 5.32 Å². The largest absolute Gasteiger partial charge is 0.444 e. The van der Waals surface area contributed by atoms with Crippen LogP contribution in [0.1, 0.15) is 46.6 Å². The molecule has 0 spiro atoms. The van der Waals surface area contributed by atoms with Crippen molar-refractivity contribution < 1.29 is 9.53 Å². The van der Waals surface area contributed by atoms with Crippen molar-refractivity contribution in [3.05, 3.63) is 35.9 Å². The topological polar surface area (TPSA) is 38.3 Å². The third-order valence-corrected chi connectivity index (χ3v) is 3.88. The lowest BCUT2D eigenvalue weighted by Crippen LogP contribution is -2.38. The molecule has 0 aliphatic rings. The van der Waals surface area contributed by atoms with Gasteiger partial charge in [0.15, 0.2) is 0 Å². The Hall–Kier alpha value is -1.16. The van der Waals surface area contributed by atoms with E-state index >= 15 is 0 Å². The Morgan fingerprint density at radius 2 is 1.86 bits per heavy atom. The summed E-state index contributed by atoms with van der Waals surface area (Å²) in [5, 5.41) is 3.51. The Kier molecular flexibility index (Phi) is 7.09. The number of aryl methyl sites for hydroxylation is 1. The first-order valence-electron chi connectivity index (χ1n) is 7.45. The molecule has 1 aromatic carbocycles. The Morgan fingerprint density at radius 1 is 1.24 bits per heavy atom. The second kappa shape index (κ2) is 8.32. The van der Waals surface area contributed by atoms with Crippen LogP contribution in [0.3, 0.4) is 0 Å². The molecule has 4 heteroatoms. The predicted molar refractivity (Wildman–Crippen MR) is 90.6 cm³/mol. The summed E-state index contributed by atoms with van der Waals surface area (Å²) in [6.45, 7) is 9.90. The number of hydrogen-bond acceptors (Lipinski definition) is 3. The zero-order valence-electron chi connectivity index (χ0n) is 13.7. The molecule has 0 fully saturated rings. The summed E-state index contributed by atoms with van der Waals surface area (Å²) in [7, 11) is 0. The Bertz CT molecular complexity index is 426. The van der Waals surface area contributed by atoms with E-state index in [0.717, 1.165) is 12.8 Å². The molecule has 1 N–H and O–H groups in total. The van der Waals surface area contributed by atoms with E-state index < -0.39 is 5.60 Å². The molecular weight excluding hydrogens is 282 g/mol. The molecule has 1 atom stereocenters. The van der Waals surface area contributed by atoms with Crippen LogP contribution < -0.4 is 5.32 Å². The van der Waals surface area contributed by atoms with E-state index in [0.29, 0.717) is 5.25 Å². The number of amides is 1. The smallest absolute Gasteiger partial charge is 0.408 e. The summed E-state index contributed by atoms with van der Waals surface area (Å²) in [6.07, 6.45) is 1.50. The van der Waals surface area contributed by atoms with Crippen LogP contribution in [0.2, 0.25) is 0 Å². The second-order valence-electron chi connectivity index (χ2n) is 6.34. The molecule has 0 aliphatic carbocycles. The van der Waals surface area contributed by atoms with Gasteiger partial charge in [0.25, 0.3) is 0 Å². The highest BCUT2D eigenvalue weighted by molar-refractivity contribution is 8.00. The Morgan fingerprint density at radius 3 is 2.38 bits per heavy atom. The van der Waals surface area contributed by atoms with E-state index in [1.165, 1.54) is 5.56 Å². The van der Waals surface area contributed by atoms with E-state index in [4.69, 9.17) is 4.74 Å². The molecule has 3 nitrogen and oxygen atoms in total. The molecule has 0 radical (unpaired) electrons. The number of alkyl carbamates (subject to hydrolysis) is 1. The zero-order valence-corrected chi connectivity index (χ0v) is 14.5. The number of carbonyl (C=O) groups is 1. The summed E-state index contributed by atoms with van der Waals surface area (Å²) in [5.74, 6) is 0. The van der Waals surface area contributed by atoms with Crippen LogP contribution in [0.25, 0.3) is 0 Å². The van der Waals surface area contributed by atoms with Gasteiger partial charge in [-0.15, -0.1) is 11.8 Å². The van der Waals surface area contributed by atoms with Crippen LogP contribution in [0, 0.1) is 0 Å². The SMILES string of the molecule is CC(C)SC(CCc1ccccc1)NC(=O)OC(C)(C)C. The summed E-state index contributed by atoms with van der Waals surface area (Å²) in [4.78, 5) is 11.9. The molecular formula is C17H27NO2S. The molecule has 0 aliphatic heterocycles. The molecule has 1 unspecified atom stereocenters. The minimum atomic E-state index is -0.462. The van der Waals surface area contributed by atoms with E-state index in [2.05, 4.69) is 31.3 Å². The monoisotopic (exact) mass is 309 g/mol. The van der Waals surface area contributed by atoms with Crippen LogP contribution >= 0.6 is 11.8 Å². The van der Waals surface area contributed by atoms with Crippen molar-refractivity contribution in [2.45, 2.75) is 63.7 Å². The molecule has 0 saturated carbocycles. The molecule has 0 saturated heterocycles. The van der Waals surface area contributed by atoms with Gasteiger partial charge in [0.1, 0.15) is 5.60 Å². The molecule has 1 rings (SSSR count). The third kappa shape index (κ3) is 8.66. The van der Waals surface area contributed by atoms with Crippen LogP contribution in [-0.2, 0) is 11.2 Å². The Labute approximate surface area is 132 Å². The highest BCUT2D eigenvalue weighted by atomic mass is 32.2. The highest BCUT2D eigenvalue weighted by Crippen LogP contribution is 2.20. The fourth-order valence-corrected chi connectivity index (χ4v) is 2.96. The van der Waals surface area contributed by atoms with E-state index in [9.17, 15) is 4.79 Å². The maximum absolute atomic E-state index is 11.9. The molecule has 1 amide bonds. The summed E-state index contributed by atoms with van der Waals surface area (Å²) < 4.78 is 5.34. The lowest BCUT2D eigenvalue weighted by Gasteiger charge is -2.24. The van der Waals surface area contributed by atoms with Gasteiger partial charge in [-0.1, -0.05) is 44.2 Å². The first-order chi connectivity index (χ1) is 9.76. The summed E-state index contributed by atoms with van der Waals surface area (Å²) in [6, 6.07) is 10.3. The second-order valence-corrected chi connectivity index (χ2v) is 8.13. The number of thioether (sulfide) groups is 1. The average molecular weight is 309 g/mol. The van der Waals surface area contributed by atoms with Gasteiger partial charge in [-0.25, -0.2) is 4.79 Å². The maximum Gasteiger partial charge on any atom is 0.408 e. The third-order valence-electron chi connectivity index (χ3n) is 2.65. The van der Waals surface area contributed by atoms with E-state index in [1.807, 2.05) is 39.0 Å². The van der Waals surface area contributed by atoms with Gasteiger partial charge in [-0.3, -0.25) is 0 Å². The van der Waals surface area contributed by atoms with Crippen molar-refractivity contribution in [3.8, 4) is 0 Å². The zero-order chi connectivity index (χ0) is 15.9. The maximum atomic E-state index is 11.9. The van der Waals surface area contributed by atoms with Crippen molar-refractivity contribution in [1.29, 1.82) is 0 Å². The number of benzene rings is 1.